The van der Waals surface area contributed by atoms with E-state index in [0.29, 0.717) is 16.7 Å². The quantitative estimate of drug-likeness (QED) is 0.364. The van der Waals surface area contributed by atoms with Crippen LogP contribution in [-0.4, -0.2) is 37.2 Å². The predicted molar refractivity (Wildman–Crippen MR) is 123 cm³/mol. The van der Waals surface area contributed by atoms with E-state index in [-0.39, 0.29) is 13.2 Å². The molecule has 0 N–H and O–H groups in total. The lowest BCUT2D eigenvalue weighted by Crippen LogP contribution is -2.31. The molecule has 0 heterocycles. The Morgan fingerprint density at radius 1 is 0.576 bits per heavy atom. The number of aryl methyl sites for hydroxylation is 3. The Balaban J connectivity index is 1.71. The van der Waals surface area contributed by atoms with Crippen molar-refractivity contribution < 1.29 is 28.6 Å². The van der Waals surface area contributed by atoms with E-state index < -0.39 is 24.0 Å². The molecule has 33 heavy (non-hydrogen) atoms. The molecule has 0 bridgehead atoms. The predicted octanol–water partition coefficient (Wildman–Crippen LogP) is 4.85. The van der Waals surface area contributed by atoms with Crippen molar-refractivity contribution in [2.75, 3.05) is 13.2 Å². The fourth-order valence-corrected chi connectivity index (χ4v) is 3.23. The molecule has 6 heteroatoms. The summed E-state index contributed by atoms with van der Waals surface area (Å²) in [5.41, 5.74) is 3.49. The van der Waals surface area contributed by atoms with Gasteiger partial charge in [0.25, 0.3) is 0 Å². The van der Waals surface area contributed by atoms with Crippen molar-refractivity contribution >= 4 is 17.9 Å². The maximum Gasteiger partial charge on any atom is 0.338 e. The molecule has 0 aromatic heterocycles. The third-order valence-electron chi connectivity index (χ3n) is 5.17. The Morgan fingerprint density at radius 3 is 1.27 bits per heavy atom. The lowest BCUT2D eigenvalue weighted by Gasteiger charge is -2.19. The molecule has 170 valence electrons. The van der Waals surface area contributed by atoms with Gasteiger partial charge in [-0.1, -0.05) is 54.6 Å². The Kier molecular flexibility index (Phi) is 7.97. The van der Waals surface area contributed by atoms with Gasteiger partial charge in [-0.05, 0) is 55.7 Å². The van der Waals surface area contributed by atoms with Crippen LogP contribution >= 0.6 is 0 Å². The number of benzene rings is 3. The van der Waals surface area contributed by atoms with Crippen molar-refractivity contribution in [2.24, 2.45) is 0 Å². The first-order valence-electron chi connectivity index (χ1n) is 10.6. The summed E-state index contributed by atoms with van der Waals surface area (Å²) in [6.45, 7) is 4.88. The van der Waals surface area contributed by atoms with Gasteiger partial charge in [-0.3, -0.25) is 0 Å². The summed E-state index contributed by atoms with van der Waals surface area (Å²) in [6.07, 6.45) is -0.974. The molecule has 0 amide bonds. The van der Waals surface area contributed by atoms with Crippen LogP contribution in [0.1, 0.15) is 47.8 Å². The largest absolute Gasteiger partial charge is 0.458 e. The zero-order chi connectivity index (χ0) is 23.8. The van der Waals surface area contributed by atoms with Crippen LogP contribution in [0.3, 0.4) is 0 Å². The Morgan fingerprint density at radius 2 is 0.909 bits per heavy atom. The number of rotatable bonds is 8. The Bertz CT molecular complexity index is 1090. The van der Waals surface area contributed by atoms with E-state index >= 15 is 0 Å². The van der Waals surface area contributed by atoms with Crippen LogP contribution in [0.25, 0.3) is 0 Å². The van der Waals surface area contributed by atoms with Gasteiger partial charge < -0.3 is 14.2 Å². The maximum atomic E-state index is 12.7. The fraction of sp³-hybridized carbons (Fsp3) is 0.222. The molecule has 0 atom stereocenters. The van der Waals surface area contributed by atoms with Crippen LogP contribution < -0.4 is 0 Å². The summed E-state index contributed by atoms with van der Waals surface area (Å²) in [7, 11) is 0. The summed E-state index contributed by atoms with van der Waals surface area (Å²) in [6, 6.07) is 21.0. The molecule has 0 spiro atoms. The van der Waals surface area contributed by atoms with Crippen LogP contribution in [-0.2, 0) is 14.2 Å². The Hall–Kier alpha value is -3.93. The smallest absolute Gasteiger partial charge is 0.338 e. The minimum absolute atomic E-state index is 0.258. The summed E-state index contributed by atoms with van der Waals surface area (Å²) >= 11 is 0. The zero-order valence-corrected chi connectivity index (χ0v) is 18.9. The van der Waals surface area contributed by atoms with E-state index in [0.717, 1.165) is 16.7 Å². The fourth-order valence-electron chi connectivity index (χ4n) is 3.23. The third kappa shape index (κ3) is 6.29. The highest BCUT2D eigenvalue weighted by atomic mass is 16.6. The minimum atomic E-state index is -0.974. The zero-order valence-electron chi connectivity index (χ0n) is 18.9. The number of ether oxygens (including phenoxy) is 3. The topological polar surface area (TPSA) is 78.9 Å². The molecule has 3 aromatic rings. The van der Waals surface area contributed by atoms with E-state index in [1.807, 2.05) is 18.2 Å². The van der Waals surface area contributed by atoms with Crippen molar-refractivity contribution in [2.45, 2.75) is 26.9 Å². The maximum absolute atomic E-state index is 12.7. The lowest BCUT2D eigenvalue weighted by molar-refractivity contribution is -0.0254. The van der Waals surface area contributed by atoms with E-state index in [9.17, 15) is 14.4 Å². The van der Waals surface area contributed by atoms with Crippen LogP contribution in [0.5, 0.6) is 0 Å². The molecule has 0 unspecified atom stereocenters. The van der Waals surface area contributed by atoms with Crippen LogP contribution in [0.2, 0.25) is 0 Å². The first-order chi connectivity index (χ1) is 15.9. The summed E-state index contributed by atoms with van der Waals surface area (Å²) in [5, 5.41) is 0. The number of hydrogen-bond acceptors (Lipinski definition) is 6. The van der Waals surface area contributed by atoms with Crippen LogP contribution in [0.4, 0.5) is 0 Å². The molecule has 0 fully saturated rings. The standard InChI is InChI=1S/C27H26O6/c1-18-10-4-7-13-22(18)25(28)31-16-21(33-27(30)24-15-9-6-12-20(24)3)17-32-26(29)23-14-8-5-11-19(23)2/h4-15,21H,16-17H2,1-3H3. The molecule has 0 saturated heterocycles. The van der Waals surface area contributed by atoms with Crippen molar-refractivity contribution in [3.8, 4) is 0 Å². The highest BCUT2D eigenvalue weighted by molar-refractivity contribution is 5.92. The summed E-state index contributed by atoms with van der Waals surface area (Å²) in [5.74, 6) is -1.68. The normalized spacial score (nSPS) is 10.5. The van der Waals surface area contributed by atoms with Gasteiger partial charge in [0.05, 0.1) is 16.7 Å². The van der Waals surface area contributed by atoms with Crippen LogP contribution in [0, 0.1) is 20.8 Å². The highest BCUT2D eigenvalue weighted by Gasteiger charge is 2.23. The molecule has 0 aliphatic rings. The second-order valence-corrected chi connectivity index (χ2v) is 7.67. The molecule has 0 aliphatic heterocycles. The van der Waals surface area contributed by atoms with Crippen molar-refractivity contribution in [1.29, 1.82) is 0 Å². The first kappa shape index (κ1) is 23.7. The number of carbonyl (C=O) groups is 3. The van der Waals surface area contributed by atoms with Gasteiger partial charge in [0.15, 0.2) is 6.10 Å². The van der Waals surface area contributed by atoms with Gasteiger partial charge in [-0.2, -0.15) is 0 Å². The summed E-state index contributed by atoms with van der Waals surface area (Å²) in [4.78, 5) is 37.7. The van der Waals surface area contributed by atoms with Gasteiger partial charge in [-0.15, -0.1) is 0 Å². The number of esters is 3. The summed E-state index contributed by atoms with van der Waals surface area (Å²) < 4.78 is 16.3. The molecule has 0 saturated carbocycles. The minimum Gasteiger partial charge on any atom is -0.458 e. The van der Waals surface area contributed by atoms with E-state index in [4.69, 9.17) is 14.2 Å². The van der Waals surface area contributed by atoms with Crippen LogP contribution in [0.15, 0.2) is 72.8 Å². The molecular weight excluding hydrogens is 420 g/mol. The third-order valence-corrected chi connectivity index (χ3v) is 5.17. The second-order valence-electron chi connectivity index (χ2n) is 7.67. The van der Waals surface area contributed by atoms with Gasteiger partial charge in [0, 0.05) is 0 Å². The first-order valence-corrected chi connectivity index (χ1v) is 10.6. The molecule has 0 aliphatic carbocycles. The van der Waals surface area contributed by atoms with Crippen molar-refractivity contribution in [3.63, 3.8) is 0 Å². The average Bonchev–Trinajstić information content (AvgIpc) is 2.81. The van der Waals surface area contributed by atoms with E-state index in [1.54, 1.807) is 75.4 Å². The Labute approximate surface area is 193 Å². The van der Waals surface area contributed by atoms with E-state index in [1.165, 1.54) is 0 Å². The SMILES string of the molecule is Cc1ccccc1C(=O)OCC(COC(=O)c1ccccc1C)OC(=O)c1ccccc1C. The highest BCUT2D eigenvalue weighted by Crippen LogP contribution is 2.14. The van der Waals surface area contributed by atoms with E-state index in [2.05, 4.69) is 0 Å². The van der Waals surface area contributed by atoms with Crippen molar-refractivity contribution in [3.05, 3.63) is 106 Å². The van der Waals surface area contributed by atoms with Gasteiger partial charge in [-0.25, -0.2) is 14.4 Å². The van der Waals surface area contributed by atoms with Gasteiger partial charge in [0.1, 0.15) is 13.2 Å². The molecule has 3 rings (SSSR count). The molecule has 3 aromatic carbocycles. The van der Waals surface area contributed by atoms with Gasteiger partial charge >= 0.3 is 17.9 Å². The molecular formula is C27H26O6. The van der Waals surface area contributed by atoms with Crippen molar-refractivity contribution in [1.82, 2.24) is 0 Å². The van der Waals surface area contributed by atoms with Gasteiger partial charge in [0.2, 0.25) is 0 Å². The molecule has 0 radical (unpaired) electrons. The number of carbonyl (C=O) groups excluding carboxylic acids is 3. The molecule has 6 nitrogen and oxygen atoms in total. The monoisotopic (exact) mass is 446 g/mol. The second kappa shape index (κ2) is 11.1. The average molecular weight is 446 g/mol. The lowest BCUT2D eigenvalue weighted by atomic mass is 10.1. The number of hydrogen-bond donors (Lipinski definition) is 0.